The molecule has 19 heavy (non-hydrogen) atoms. The minimum absolute atomic E-state index is 0.00194. The Morgan fingerprint density at radius 3 is 2.84 bits per heavy atom. The normalized spacial score (nSPS) is 14.5. The molecule has 2 N–H and O–H groups in total. The van der Waals surface area contributed by atoms with Crippen molar-refractivity contribution in [3.05, 3.63) is 42.2 Å². The Hall–Kier alpha value is -1.45. The molecule has 1 atom stereocenters. The lowest BCUT2D eigenvalue weighted by atomic mass is 9.94. The molecule has 0 saturated carbocycles. The second-order valence-corrected chi connectivity index (χ2v) is 5.30. The summed E-state index contributed by atoms with van der Waals surface area (Å²) in [6, 6.07) is 8.46. The fourth-order valence-corrected chi connectivity index (χ4v) is 2.20. The maximum atomic E-state index is 9.12. The number of aliphatic hydroxyl groups is 1. The van der Waals surface area contributed by atoms with Gasteiger partial charge in [-0.15, -0.1) is 0 Å². The van der Waals surface area contributed by atoms with Gasteiger partial charge in [0.2, 0.25) is 0 Å². The summed E-state index contributed by atoms with van der Waals surface area (Å²) in [4.78, 5) is 4.12. The van der Waals surface area contributed by atoms with Crippen molar-refractivity contribution in [1.82, 2.24) is 10.3 Å². The van der Waals surface area contributed by atoms with Crippen molar-refractivity contribution in [2.75, 3.05) is 6.61 Å². The van der Waals surface area contributed by atoms with Crippen molar-refractivity contribution in [2.24, 2.45) is 0 Å². The highest BCUT2D eigenvalue weighted by Gasteiger charge is 2.20. The van der Waals surface area contributed by atoms with Gasteiger partial charge in [-0.3, -0.25) is 4.98 Å². The average Bonchev–Trinajstić information content (AvgIpc) is 2.45. The number of nitrogens with zero attached hydrogens (tertiary/aromatic N) is 1. The van der Waals surface area contributed by atoms with Crippen LogP contribution in [0.15, 0.2) is 36.7 Å². The molecule has 0 bridgehead atoms. The van der Waals surface area contributed by atoms with Crippen molar-refractivity contribution in [3.63, 3.8) is 0 Å². The van der Waals surface area contributed by atoms with Gasteiger partial charge in [0.1, 0.15) is 0 Å². The van der Waals surface area contributed by atoms with Crippen molar-refractivity contribution >= 4 is 10.8 Å². The molecule has 0 aliphatic rings. The molecule has 0 aliphatic carbocycles. The van der Waals surface area contributed by atoms with E-state index in [0.29, 0.717) is 0 Å². The summed E-state index contributed by atoms with van der Waals surface area (Å²) >= 11 is 0. The van der Waals surface area contributed by atoms with E-state index in [9.17, 15) is 0 Å². The summed E-state index contributed by atoms with van der Waals surface area (Å²) in [5.74, 6) is 0. The van der Waals surface area contributed by atoms with Gasteiger partial charge in [-0.05, 0) is 42.8 Å². The second-order valence-electron chi connectivity index (χ2n) is 5.30. The molecule has 1 aromatic heterocycles. The number of aromatic nitrogens is 1. The number of aliphatic hydroxyl groups excluding tert-OH is 1. The number of nitrogens with one attached hydrogen (secondary N) is 1. The van der Waals surface area contributed by atoms with Crippen LogP contribution in [-0.4, -0.2) is 22.2 Å². The molecule has 3 heteroatoms. The zero-order chi connectivity index (χ0) is 13.7. The molecule has 1 unspecified atom stereocenters. The molecular formula is C16H22N2O. The molecule has 0 spiro atoms. The first-order chi connectivity index (χ1) is 9.17. The maximum Gasteiger partial charge on any atom is 0.0448 e. The van der Waals surface area contributed by atoms with Crippen molar-refractivity contribution in [2.45, 2.75) is 38.8 Å². The Morgan fingerprint density at radius 2 is 2.11 bits per heavy atom. The molecule has 1 aromatic carbocycles. The first kappa shape index (κ1) is 14.0. The zero-order valence-electron chi connectivity index (χ0n) is 11.7. The largest absolute Gasteiger partial charge is 0.396 e. The summed E-state index contributed by atoms with van der Waals surface area (Å²) in [6.07, 6.45) is 5.49. The number of hydrogen-bond acceptors (Lipinski definition) is 3. The Kier molecular flexibility index (Phi) is 4.51. The van der Waals surface area contributed by atoms with Gasteiger partial charge in [0.05, 0.1) is 0 Å². The molecule has 1 heterocycles. The summed E-state index contributed by atoms with van der Waals surface area (Å²) in [6.45, 7) is 5.35. The minimum atomic E-state index is 0.00194. The van der Waals surface area contributed by atoms with E-state index < -0.39 is 0 Å². The van der Waals surface area contributed by atoms with Gasteiger partial charge < -0.3 is 10.4 Å². The highest BCUT2D eigenvalue weighted by Crippen LogP contribution is 2.17. The van der Waals surface area contributed by atoms with Gasteiger partial charge in [-0.1, -0.05) is 19.1 Å². The van der Waals surface area contributed by atoms with Crippen molar-refractivity contribution < 1.29 is 5.11 Å². The Labute approximate surface area is 114 Å². The van der Waals surface area contributed by atoms with E-state index in [1.165, 1.54) is 16.3 Å². The molecule has 2 aromatic rings. The van der Waals surface area contributed by atoms with E-state index in [2.05, 4.69) is 42.3 Å². The van der Waals surface area contributed by atoms with Crippen LogP contribution in [-0.2, 0) is 6.54 Å². The molecule has 0 aliphatic heterocycles. The van der Waals surface area contributed by atoms with Gasteiger partial charge in [-0.25, -0.2) is 0 Å². The number of pyridine rings is 1. The second kappa shape index (κ2) is 6.13. The number of hydrogen-bond donors (Lipinski definition) is 2. The smallest absolute Gasteiger partial charge is 0.0448 e. The lowest BCUT2D eigenvalue weighted by Gasteiger charge is -2.29. The van der Waals surface area contributed by atoms with E-state index >= 15 is 0 Å². The lowest BCUT2D eigenvalue weighted by Crippen LogP contribution is -2.42. The van der Waals surface area contributed by atoms with Crippen LogP contribution in [0.2, 0.25) is 0 Å². The number of rotatable bonds is 6. The third-order valence-electron chi connectivity index (χ3n) is 3.87. The number of benzene rings is 1. The third-order valence-corrected chi connectivity index (χ3v) is 3.87. The average molecular weight is 258 g/mol. The summed E-state index contributed by atoms with van der Waals surface area (Å²) in [5, 5.41) is 15.1. The van der Waals surface area contributed by atoms with E-state index in [4.69, 9.17) is 5.11 Å². The van der Waals surface area contributed by atoms with E-state index in [0.717, 1.165) is 19.4 Å². The molecule has 0 amide bonds. The molecule has 0 radical (unpaired) electrons. The van der Waals surface area contributed by atoms with Gasteiger partial charge in [0.15, 0.2) is 0 Å². The predicted octanol–water partition coefficient (Wildman–Crippen LogP) is 2.88. The van der Waals surface area contributed by atoms with Crippen LogP contribution in [0.1, 0.15) is 32.3 Å². The topological polar surface area (TPSA) is 45.1 Å². The summed E-state index contributed by atoms with van der Waals surface area (Å²) < 4.78 is 0. The van der Waals surface area contributed by atoms with Crippen LogP contribution < -0.4 is 5.32 Å². The Morgan fingerprint density at radius 1 is 1.26 bits per heavy atom. The van der Waals surface area contributed by atoms with Crippen LogP contribution in [0.5, 0.6) is 0 Å². The predicted molar refractivity (Wildman–Crippen MR) is 79.0 cm³/mol. The summed E-state index contributed by atoms with van der Waals surface area (Å²) in [5.41, 5.74) is 1.26. The molecule has 102 valence electrons. The third kappa shape index (κ3) is 3.52. The molecule has 0 saturated heterocycles. The molecular weight excluding hydrogens is 236 g/mol. The first-order valence-electron chi connectivity index (χ1n) is 6.85. The highest BCUT2D eigenvalue weighted by atomic mass is 16.3. The van der Waals surface area contributed by atoms with Gasteiger partial charge in [-0.2, -0.15) is 0 Å². The summed E-state index contributed by atoms with van der Waals surface area (Å²) in [7, 11) is 0. The van der Waals surface area contributed by atoms with Gasteiger partial charge in [0.25, 0.3) is 0 Å². The standard InChI is InChI=1S/C16H22N2O/c1-3-16(2,7-9-19)18-11-13-4-5-15-12-17-8-6-14(15)10-13/h4-6,8,10,12,18-19H,3,7,9,11H2,1-2H3. The number of fused-ring (bicyclic) bond motifs is 1. The molecule has 3 nitrogen and oxygen atoms in total. The maximum absolute atomic E-state index is 9.12. The Bertz CT molecular complexity index is 541. The van der Waals surface area contributed by atoms with Crippen LogP contribution >= 0.6 is 0 Å². The van der Waals surface area contributed by atoms with E-state index in [1.54, 1.807) is 0 Å². The quantitative estimate of drug-likeness (QED) is 0.837. The van der Waals surface area contributed by atoms with Gasteiger partial charge in [0, 0.05) is 36.5 Å². The fraction of sp³-hybridized carbons (Fsp3) is 0.438. The van der Waals surface area contributed by atoms with Crippen molar-refractivity contribution in [1.29, 1.82) is 0 Å². The van der Waals surface area contributed by atoms with E-state index in [-0.39, 0.29) is 12.1 Å². The highest BCUT2D eigenvalue weighted by molar-refractivity contribution is 5.81. The SMILES string of the molecule is CCC(C)(CCO)NCc1ccc2cnccc2c1. The zero-order valence-corrected chi connectivity index (χ0v) is 11.7. The van der Waals surface area contributed by atoms with Crippen LogP contribution in [0.4, 0.5) is 0 Å². The molecule has 2 rings (SSSR count). The molecule has 0 fully saturated rings. The van der Waals surface area contributed by atoms with E-state index in [1.807, 2.05) is 18.5 Å². The van der Waals surface area contributed by atoms with Gasteiger partial charge >= 0.3 is 0 Å². The Balaban J connectivity index is 2.09. The fourth-order valence-electron chi connectivity index (χ4n) is 2.20. The van der Waals surface area contributed by atoms with Crippen LogP contribution in [0.3, 0.4) is 0 Å². The van der Waals surface area contributed by atoms with Crippen LogP contribution in [0, 0.1) is 0 Å². The lowest BCUT2D eigenvalue weighted by molar-refractivity contribution is 0.214. The first-order valence-corrected chi connectivity index (χ1v) is 6.85. The van der Waals surface area contributed by atoms with Crippen LogP contribution in [0.25, 0.3) is 10.8 Å². The monoisotopic (exact) mass is 258 g/mol. The van der Waals surface area contributed by atoms with Crippen molar-refractivity contribution in [3.8, 4) is 0 Å². The minimum Gasteiger partial charge on any atom is -0.396 e.